The van der Waals surface area contributed by atoms with Crippen LogP contribution in [-0.4, -0.2) is 52.4 Å². The number of piperidine rings is 1. The molecule has 0 bridgehead atoms. The number of hydrogen-bond acceptors (Lipinski definition) is 4. The van der Waals surface area contributed by atoms with Gasteiger partial charge in [-0.15, -0.1) is 0 Å². The molecule has 3 rings (SSSR count). The molecule has 0 spiro atoms. The second-order valence-electron chi connectivity index (χ2n) is 8.69. The Hall–Kier alpha value is -2.80. The van der Waals surface area contributed by atoms with Crippen LogP contribution in [0.15, 0.2) is 18.2 Å². The molecule has 1 amide bonds. The fourth-order valence-electron chi connectivity index (χ4n) is 4.55. The highest BCUT2D eigenvalue weighted by Crippen LogP contribution is 2.25. The Morgan fingerprint density at radius 3 is 2.44 bits per heavy atom. The highest BCUT2D eigenvalue weighted by molar-refractivity contribution is 5.91. The van der Waals surface area contributed by atoms with E-state index in [0.717, 1.165) is 29.8 Å². The van der Waals surface area contributed by atoms with Crippen LogP contribution in [0.5, 0.6) is 0 Å². The Morgan fingerprint density at radius 2 is 1.81 bits per heavy atom. The molecule has 7 heteroatoms. The maximum atomic E-state index is 12.1. The summed E-state index contributed by atoms with van der Waals surface area (Å²) >= 11 is 0. The van der Waals surface area contributed by atoms with Gasteiger partial charge in [0.15, 0.2) is 0 Å². The normalized spacial score (nSPS) is 14.6. The summed E-state index contributed by atoms with van der Waals surface area (Å²) in [6.45, 7) is 12.7. The molecular formula is C25H35N3O4. The largest absolute Gasteiger partial charge is 0.478 e. The quantitative estimate of drug-likeness (QED) is 0.673. The van der Waals surface area contributed by atoms with Crippen molar-refractivity contribution in [2.75, 3.05) is 19.7 Å². The first kappa shape index (κ1) is 23.9. The van der Waals surface area contributed by atoms with Crippen LogP contribution in [0.2, 0.25) is 0 Å². The molecule has 2 N–H and O–H groups in total. The number of carboxylic acid groups (broad SMARTS) is 1. The molecular weight excluding hydrogens is 406 g/mol. The van der Waals surface area contributed by atoms with Crippen molar-refractivity contribution in [1.29, 1.82) is 0 Å². The van der Waals surface area contributed by atoms with Crippen LogP contribution in [0.25, 0.3) is 0 Å². The third kappa shape index (κ3) is 5.15. The molecule has 174 valence electrons. The van der Waals surface area contributed by atoms with Gasteiger partial charge in [-0.1, -0.05) is 23.8 Å². The van der Waals surface area contributed by atoms with Crippen molar-refractivity contribution >= 4 is 12.1 Å². The molecule has 32 heavy (non-hydrogen) atoms. The summed E-state index contributed by atoms with van der Waals surface area (Å²) in [7, 11) is 0. The van der Waals surface area contributed by atoms with Gasteiger partial charge in [0.2, 0.25) is 0 Å². The topological polar surface area (TPSA) is 83.8 Å². The Morgan fingerprint density at radius 1 is 1.12 bits per heavy atom. The van der Waals surface area contributed by atoms with Crippen LogP contribution >= 0.6 is 0 Å². The lowest BCUT2D eigenvalue weighted by Gasteiger charge is -2.31. The van der Waals surface area contributed by atoms with E-state index in [4.69, 9.17) is 4.74 Å². The zero-order valence-corrected chi connectivity index (χ0v) is 19.8. The lowest BCUT2D eigenvalue weighted by molar-refractivity contribution is 0.0693. The van der Waals surface area contributed by atoms with Gasteiger partial charge in [-0.3, -0.25) is 0 Å². The first-order valence-corrected chi connectivity index (χ1v) is 11.4. The summed E-state index contributed by atoms with van der Waals surface area (Å²) in [6.07, 6.45) is 1.39. The Kier molecular flexibility index (Phi) is 7.61. The number of aromatic nitrogens is 1. The predicted molar refractivity (Wildman–Crippen MR) is 124 cm³/mol. The second kappa shape index (κ2) is 10.2. The van der Waals surface area contributed by atoms with E-state index in [1.807, 2.05) is 20.8 Å². The third-order valence-electron chi connectivity index (χ3n) is 6.55. The Bertz CT molecular complexity index is 988. The van der Waals surface area contributed by atoms with Gasteiger partial charge in [0, 0.05) is 49.2 Å². The number of aromatic carboxylic acids is 1. The van der Waals surface area contributed by atoms with Gasteiger partial charge in [-0.25, -0.2) is 9.59 Å². The van der Waals surface area contributed by atoms with E-state index in [1.54, 1.807) is 4.90 Å². The average molecular weight is 442 g/mol. The van der Waals surface area contributed by atoms with Gasteiger partial charge in [-0.2, -0.15) is 0 Å². The van der Waals surface area contributed by atoms with Gasteiger partial charge in [-0.05, 0) is 58.6 Å². The van der Waals surface area contributed by atoms with Gasteiger partial charge in [0.1, 0.15) is 0 Å². The summed E-state index contributed by atoms with van der Waals surface area (Å²) in [5.41, 5.74) is 6.60. The lowest BCUT2D eigenvalue weighted by Crippen LogP contribution is -2.45. The molecule has 1 saturated heterocycles. The SMILES string of the molecule is CCOC(=O)N1CCC(NCc2c(C(=O)O)c(C)n(Cc3cc(C)ccc3C)c2C)CC1. The average Bonchev–Trinajstić information content (AvgIpc) is 2.99. The van der Waals surface area contributed by atoms with E-state index in [2.05, 4.69) is 41.9 Å². The number of aryl methyl sites for hydroxylation is 2. The van der Waals surface area contributed by atoms with Crippen molar-refractivity contribution < 1.29 is 19.4 Å². The summed E-state index contributed by atoms with van der Waals surface area (Å²) in [5, 5.41) is 13.5. The Balaban J connectivity index is 1.74. The number of ether oxygens (including phenoxy) is 1. The molecule has 0 atom stereocenters. The predicted octanol–water partition coefficient (Wildman–Crippen LogP) is 4.18. The lowest BCUT2D eigenvalue weighted by atomic mass is 10.0. The van der Waals surface area contributed by atoms with Crippen molar-refractivity contribution in [3.63, 3.8) is 0 Å². The fourth-order valence-corrected chi connectivity index (χ4v) is 4.55. The smallest absolute Gasteiger partial charge is 0.409 e. The fraction of sp³-hybridized carbons (Fsp3) is 0.520. The number of rotatable bonds is 7. The number of carbonyl (C=O) groups excluding carboxylic acids is 1. The number of nitrogens with zero attached hydrogens (tertiary/aromatic N) is 2. The number of carbonyl (C=O) groups is 2. The van der Waals surface area contributed by atoms with Gasteiger partial charge >= 0.3 is 12.1 Å². The van der Waals surface area contributed by atoms with Crippen LogP contribution in [0.4, 0.5) is 4.79 Å². The monoisotopic (exact) mass is 441 g/mol. The summed E-state index contributed by atoms with van der Waals surface area (Å²) < 4.78 is 7.20. The standard InChI is InChI=1S/C25H35N3O4/c1-6-32-25(31)27-11-9-21(10-12-27)26-14-22-18(4)28(19(5)23(22)24(29)30)15-20-13-16(2)7-8-17(20)3/h7-8,13,21,26H,6,9-12,14-15H2,1-5H3,(H,29,30). The zero-order chi connectivity index (χ0) is 23.4. The minimum absolute atomic E-state index is 0.240. The van der Waals surface area contributed by atoms with Gasteiger partial charge in [0.25, 0.3) is 0 Å². The molecule has 0 unspecified atom stereocenters. The summed E-state index contributed by atoms with van der Waals surface area (Å²) in [5.74, 6) is -0.890. The summed E-state index contributed by atoms with van der Waals surface area (Å²) in [6, 6.07) is 6.62. The minimum atomic E-state index is -0.890. The molecule has 1 aliphatic rings. The third-order valence-corrected chi connectivity index (χ3v) is 6.55. The first-order chi connectivity index (χ1) is 15.2. The van der Waals surface area contributed by atoms with Crippen LogP contribution in [-0.2, 0) is 17.8 Å². The van der Waals surface area contributed by atoms with E-state index in [0.29, 0.717) is 38.3 Å². The van der Waals surface area contributed by atoms with Gasteiger partial charge in [0.05, 0.1) is 12.2 Å². The van der Waals surface area contributed by atoms with Crippen molar-refractivity contribution in [1.82, 2.24) is 14.8 Å². The van der Waals surface area contributed by atoms with E-state index >= 15 is 0 Å². The molecule has 1 aliphatic heterocycles. The van der Waals surface area contributed by atoms with Crippen molar-refractivity contribution in [3.8, 4) is 0 Å². The number of amides is 1. The van der Waals surface area contributed by atoms with E-state index < -0.39 is 5.97 Å². The van der Waals surface area contributed by atoms with E-state index in [9.17, 15) is 14.7 Å². The van der Waals surface area contributed by atoms with Gasteiger partial charge < -0.3 is 24.6 Å². The molecule has 2 aromatic rings. The Labute approximate surface area is 190 Å². The molecule has 1 aromatic heterocycles. The molecule has 7 nitrogen and oxygen atoms in total. The second-order valence-corrected chi connectivity index (χ2v) is 8.69. The first-order valence-electron chi connectivity index (χ1n) is 11.4. The van der Waals surface area contributed by atoms with Crippen molar-refractivity contribution in [3.05, 3.63) is 57.4 Å². The summed E-state index contributed by atoms with van der Waals surface area (Å²) in [4.78, 5) is 25.7. The maximum Gasteiger partial charge on any atom is 0.409 e. The highest BCUT2D eigenvalue weighted by Gasteiger charge is 2.26. The number of likely N-dealkylation sites (tertiary alicyclic amines) is 1. The van der Waals surface area contributed by atoms with Crippen LogP contribution in [0.1, 0.15) is 63.8 Å². The molecule has 0 saturated carbocycles. The highest BCUT2D eigenvalue weighted by atomic mass is 16.6. The molecule has 0 aliphatic carbocycles. The molecule has 1 fully saturated rings. The number of benzene rings is 1. The number of carboxylic acids is 1. The number of nitrogens with one attached hydrogen (secondary N) is 1. The van der Waals surface area contributed by atoms with Crippen LogP contribution in [0, 0.1) is 27.7 Å². The van der Waals surface area contributed by atoms with Crippen molar-refractivity contribution in [2.24, 2.45) is 0 Å². The molecule has 0 radical (unpaired) electrons. The maximum absolute atomic E-state index is 12.1. The molecule has 1 aromatic carbocycles. The molecule has 2 heterocycles. The van der Waals surface area contributed by atoms with Crippen molar-refractivity contribution in [2.45, 2.75) is 66.6 Å². The minimum Gasteiger partial charge on any atom is -0.478 e. The van der Waals surface area contributed by atoms with Crippen LogP contribution < -0.4 is 5.32 Å². The number of hydrogen-bond donors (Lipinski definition) is 2. The van der Waals surface area contributed by atoms with Crippen LogP contribution in [0.3, 0.4) is 0 Å². The van der Waals surface area contributed by atoms with E-state index in [-0.39, 0.29) is 12.1 Å². The zero-order valence-electron chi connectivity index (χ0n) is 19.8. The van der Waals surface area contributed by atoms with E-state index in [1.165, 1.54) is 16.7 Å².